The second kappa shape index (κ2) is 7.25. The number of rotatable bonds is 1. The zero-order chi connectivity index (χ0) is 12.3. The quantitative estimate of drug-likeness (QED) is 0.387. The van der Waals surface area contributed by atoms with Crippen molar-refractivity contribution in [2.45, 2.75) is 0 Å². The van der Waals surface area contributed by atoms with Crippen LogP contribution in [0.5, 0.6) is 0 Å². The number of carboxylic acids is 1. The minimum Gasteiger partial charge on any atom is -0.540 e. The molecule has 18 heavy (non-hydrogen) atoms. The Morgan fingerprint density at radius 2 is 1.56 bits per heavy atom. The van der Waals surface area contributed by atoms with Crippen molar-refractivity contribution in [1.29, 1.82) is 0 Å². The van der Waals surface area contributed by atoms with Crippen LogP contribution >= 0.6 is 0 Å². The predicted molar refractivity (Wildman–Crippen MR) is 60.2 cm³/mol. The molecular weight excluding hydrogens is 259 g/mol. The zero-order valence-electron chi connectivity index (χ0n) is 10.3. The van der Waals surface area contributed by atoms with Gasteiger partial charge in [0.2, 0.25) is 0 Å². The number of anilines is 1. The van der Waals surface area contributed by atoms with Crippen molar-refractivity contribution in [2.75, 3.05) is 31.1 Å². The Balaban J connectivity index is 0.00000162. The van der Waals surface area contributed by atoms with Crippen LogP contribution in [0.1, 0.15) is 0 Å². The van der Waals surface area contributed by atoms with E-state index in [1.54, 1.807) is 0 Å². The van der Waals surface area contributed by atoms with E-state index < -0.39 is 11.9 Å². The molecule has 6 heteroatoms. The molecule has 0 aromatic heterocycles. The molecule has 1 fully saturated rings. The molecule has 0 atom stereocenters. The van der Waals surface area contributed by atoms with Gasteiger partial charge in [0.05, 0.1) is 0 Å². The maximum Gasteiger partial charge on any atom is 1.00 e. The summed E-state index contributed by atoms with van der Waals surface area (Å²) in [6.45, 7) is 2.12. The van der Waals surface area contributed by atoms with Crippen LogP contribution in [-0.2, 0) is 9.59 Å². The van der Waals surface area contributed by atoms with Gasteiger partial charge in [0, 0.05) is 31.9 Å². The number of carbonyl (C=O) groups excluding carboxylic acids is 2. The van der Waals surface area contributed by atoms with Gasteiger partial charge in [-0.15, -0.1) is 0 Å². The molecule has 0 spiro atoms. The van der Waals surface area contributed by atoms with Gasteiger partial charge in [-0.2, -0.15) is 0 Å². The van der Waals surface area contributed by atoms with E-state index in [-0.39, 0.29) is 51.4 Å². The van der Waals surface area contributed by atoms with Gasteiger partial charge in [0.15, 0.2) is 0 Å². The molecule has 1 aromatic rings. The van der Waals surface area contributed by atoms with Gasteiger partial charge >= 0.3 is 51.4 Å². The smallest absolute Gasteiger partial charge is 0.540 e. The van der Waals surface area contributed by atoms with E-state index in [1.807, 2.05) is 30.3 Å². The number of hydrogen-bond acceptors (Lipinski definition) is 4. The summed E-state index contributed by atoms with van der Waals surface area (Å²) >= 11 is 0. The van der Waals surface area contributed by atoms with Crippen LogP contribution in [0.15, 0.2) is 30.3 Å². The van der Waals surface area contributed by atoms with Gasteiger partial charge < -0.3 is 19.7 Å². The summed E-state index contributed by atoms with van der Waals surface area (Å²) in [5.41, 5.74) is 1.09. The molecule has 0 bridgehead atoms. The van der Waals surface area contributed by atoms with Gasteiger partial charge in [-0.3, -0.25) is 4.79 Å². The van der Waals surface area contributed by atoms with Gasteiger partial charge in [0.25, 0.3) is 5.91 Å². The fraction of sp³-hybridized carbons (Fsp3) is 0.333. The van der Waals surface area contributed by atoms with Crippen LogP contribution in [-0.4, -0.2) is 43.0 Å². The molecule has 0 N–H and O–H groups in total. The Morgan fingerprint density at radius 1 is 1.00 bits per heavy atom. The van der Waals surface area contributed by atoms with E-state index in [9.17, 15) is 14.7 Å². The second-order valence-electron chi connectivity index (χ2n) is 3.90. The fourth-order valence-corrected chi connectivity index (χ4v) is 1.94. The number of aliphatic carboxylic acids is 1. The topological polar surface area (TPSA) is 63.7 Å². The normalized spacial score (nSPS) is 14.9. The number of para-hydroxylation sites is 1. The Labute approximate surface area is 148 Å². The number of amides is 1. The van der Waals surface area contributed by atoms with Crippen molar-refractivity contribution in [3.8, 4) is 0 Å². The van der Waals surface area contributed by atoms with E-state index >= 15 is 0 Å². The molecule has 1 aromatic carbocycles. The second-order valence-corrected chi connectivity index (χ2v) is 3.90. The minimum absolute atomic E-state index is 0. The largest absolute Gasteiger partial charge is 1.00 e. The maximum atomic E-state index is 11.2. The van der Waals surface area contributed by atoms with Crippen molar-refractivity contribution in [3.05, 3.63) is 30.3 Å². The first kappa shape index (κ1) is 15.7. The van der Waals surface area contributed by atoms with Crippen molar-refractivity contribution < 1.29 is 66.1 Å². The molecule has 0 unspecified atom stereocenters. The van der Waals surface area contributed by atoms with Crippen LogP contribution < -0.4 is 61.4 Å². The van der Waals surface area contributed by atoms with E-state index in [4.69, 9.17) is 0 Å². The summed E-state index contributed by atoms with van der Waals surface area (Å²) in [5.74, 6) is -2.55. The Hall–Kier alpha value is -0.404. The Morgan fingerprint density at radius 3 is 2.06 bits per heavy atom. The van der Waals surface area contributed by atoms with Gasteiger partial charge in [0.1, 0.15) is 5.97 Å². The Kier molecular flexibility index (Phi) is 6.31. The molecule has 1 aliphatic rings. The third kappa shape index (κ3) is 3.79. The van der Waals surface area contributed by atoms with Crippen LogP contribution in [0.4, 0.5) is 5.69 Å². The number of benzene rings is 1. The summed E-state index contributed by atoms with van der Waals surface area (Å²) in [6.07, 6.45) is 0. The third-order valence-electron chi connectivity index (χ3n) is 2.86. The molecule has 1 aliphatic heterocycles. The van der Waals surface area contributed by atoms with E-state index in [2.05, 4.69) is 4.90 Å². The summed E-state index contributed by atoms with van der Waals surface area (Å²) in [4.78, 5) is 25.1. The van der Waals surface area contributed by atoms with Crippen molar-refractivity contribution in [3.63, 3.8) is 0 Å². The zero-order valence-corrected chi connectivity index (χ0v) is 13.5. The van der Waals surface area contributed by atoms with Crippen LogP contribution in [0.25, 0.3) is 0 Å². The number of carbonyl (C=O) groups is 2. The van der Waals surface area contributed by atoms with Gasteiger partial charge in [-0.25, -0.2) is 0 Å². The minimum atomic E-state index is -1.63. The van der Waals surface area contributed by atoms with Crippen molar-refractivity contribution in [1.82, 2.24) is 4.90 Å². The molecule has 90 valence electrons. The summed E-state index contributed by atoms with van der Waals surface area (Å²) in [6, 6.07) is 9.84. The molecule has 0 aliphatic carbocycles. The van der Waals surface area contributed by atoms with E-state index in [1.165, 1.54) is 4.90 Å². The van der Waals surface area contributed by atoms with Crippen LogP contribution in [0, 0.1) is 0 Å². The fourth-order valence-electron chi connectivity index (χ4n) is 1.94. The Bertz CT molecular complexity index is 417. The number of carboxylic acid groups (broad SMARTS) is 1. The molecular formula is C12H13KN2O3. The molecule has 1 saturated heterocycles. The summed E-state index contributed by atoms with van der Waals surface area (Å²) in [7, 11) is 0. The summed E-state index contributed by atoms with van der Waals surface area (Å²) < 4.78 is 0. The monoisotopic (exact) mass is 272 g/mol. The van der Waals surface area contributed by atoms with Crippen molar-refractivity contribution in [2.24, 2.45) is 0 Å². The number of piperazine rings is 1. The van der Waals surface area contributed by atoms with E-state index in [0.717, 1.165) is 5.69 Å². The molecule has 0 radical (unpaired) electrons. The van der Waals surface area contributed by atoms with Crippen LogP contribution in [0.3, 0.4) is 0 Å². The molecule has 2 rings (SSSR count). The average Bonchev–Trinajstić information content (AvgIpc) is 2.39. The van der Waals surface area contributed by atoms with Crippen molar-refractivity contribution >= 4 is 17.6 Å². The van der Waals surface area contributed by atoms with E-state index in [0.29, 0.717) is 26.2 Å². The number of nitrogens with zero attached hydrogens (tertiary/aromatic N) is 2. The first-order valence-corrected chi connectivity index (χ1v) is 5.49. The first-order valence-electron chi connectivity index (χ1n) is 5.49. The third-order valence-corrected chi connectivity index (χ3v) is 2.86. The predicted octanol–water partition coefficient (Wildman–Crippen LogP) is -3.91. The van der Waals surface area contributed by atoms with Gasteiger partial charge in [-0.1, -0.05) is 18.2 Å². The summed E-state index contributed by atoms with van der Waals surface area (Å²) in [5, 5.41) is 10.4. The average molecular weight is 272 g/mol. The molecule has 1 amide bonds. The maximum absolute atomic E-state index is 11.2. The SMILES string of the molecule is O=C([O-])C(=O)N1CCN(c2ccccc2)CC1.[K+]. The van der Waals surface area contributed by atoms with Gasteiger partial charge in [-0.05, 0) is 12.1 Å². The molecule has 0 saturated carbocycles. The van der Waals surface area contributed by atoms with Crippen LogP contribution in [0.2, 0.25) is 0 Å². The number of hydrogen-bond donors (Lipinski definition) is 0. The molecule has 1 heterocycles. The standard InChI is InChI=1S/C12H14N2O3.K/c15-11(12(16)17)14-8-6-13(7-9-14)10-4-2-1-3-5-10;/h1-5H,6-9H2,(H,16,17);/q;+1/p-1. The first-order chi connectivity index (χ1) is 8.18. The molecule has 5 nitrogen and oxygen atoms in total.